The highest BCUT2D eigenvalue weighted by atomic mass is 16.6. The monoisotopic (exact) mass is 225 g/mol. The van der Waals surface area contributed by atoms with Gasteiger partial charge in [-0.25, -0.2) is 0 Å². The first-order valence-corrected chi connectivity index (χ1v) is 4.63. The average molecular weight is 225 g/mol. The van der Waals surface area contributed by atoms with Crippen LogP contribution in [0.25, 0.3) is 0 Å². The summed E-state index contributed by atoms with van der Waals surface area (Å²) in [5, 5.41) is 3.67. The van der Waals surface area contributed by atoms with Gasteiger partial charge < -0.3 is 19.0 Å². The summed E-state index contributed by atoms with van der Waals surface area (Å²) in [7, 11) is 6.17. The van der Waals surface area contributed by atoms with Crippen LogP contribution in [-0.2, 0) is 4.84 Å². The molecule has 5 nitrogen and oxygen atoms in total. The number of methoxy groups -OCH3 is 3. The molecule has 0 saturated carbocycles. The van der Waals surface area contributed by atoms with Crippen LogP contribution in [-0.4, -0.2) is 34.7 Å². The van der Waals surface area contributed by atoms with Gasteiger partial charge in [-0.3, -0.25) is 0 Å². The molecule has 16 heavy (non-hydrogen) atoms. The summed E-state index contributed by atoms with van der Waals surface area (Å²) in [5.74, 6) is 1.72. The lowest BCUT2D eigenvalue weighted by atomic mass is 10.2. The maximum Gasteiger partial charge on any atom is 0.203 e. The Bertz CT molecular complexity index is 351. The molecule has 0 N–H and O–H groups in total. The lowest BCUT2D eigenvalue weighted by molar-refractivity contribution is 0.215. The summed E-state index contributed by atoms with van der Waals surface area (Å²) in [6, 6.07) is 3.56. The van der Waals surface area contributed by atoms with Crippen LogP contribution in [0.5, 0.6) is 17.2 Å². The van der Waals surface area contributed by atoms with E-state index in [2.05, 4.69) is 9.99 Å². The Hall–Kier alpha value is -1.91. The lowest BCUT2D eigenvalue weighted by Crippen LogP contribution is -1.96. The summed E-state index contributed by atoms with van der Waals surface area (Å²) < 4.78 is 15.6. The Labute approximate surface area is 94.6 Å². The molecule has 0 aliphatic carbocycles. The van der Waals surface area contributed by atoms with Crippen molar-refractivity contribution in [2.24, 2.45) is 5.16 Å². The van der Waals surface area contributed by atoms with Gasteiger partial charge in [0.05, 0.1) is 27.5 Å². The van der Waals surface area contributed by atoms with Crippen LogP contribution >= 0.6 is 0 Å². The van der Waals surface area contributed by atoms with Gasteiger partial charge in [-0.1, -0.05) is 5.16 Å². The zero-order valence-corrected chi connectivity index (χ0v) is 9.81. The fraction of sp³-hybridized carbons (Fsp3) is 0.364. The van der Waals surface area contributed by atoms with E-state index in [1.54, 1.807) is 39.7 Å². The van der Waals surface area contributed by atoms with Crippen LogP contribution in [0, 0.1) is 0 Å². The van der Waals surface area contributed by atoms with Gasteiger partial charge in [-0.2, -0.15) is 0 Å². The van der Waals surface area contributed by atoms with Gasteiger partial charge in [0.1, 0.15) is 7.11 Å². The first kappa shape index (κ1) is 12.2. The van der Waals surface area contributed by atoms with Crippen LogP contribution in [0.3, 0.4) is 0 Å². The van der Waals surface area contributed by atoms with Gasteiger partial charge in [0.2, 0.25) is 5.75 Å². The van der Waals surface area contributed by atoms with E-state index in [-0.39, 0.29) is 0 Å². The Morgan fingerprint density at radius 2 is 1.50 bits per heavy atom. The average Bonchev–Trinajstić information content (AvgIpc) is 2.34. The van der Waals surface area contributed by atoms with Gasteiger partial charge in [-0.05, 0) is 12.1 Å². The Morgan fingerprint density at radius 3 is 1.88 bits per heavy atom. The summed E-state index contributed by atoms with van der Waals surface area (Å²) in [4.78, 5) is 4.61. The summed E-state index contributed by atoms with van der Waals surface area (Å²) in [6.07, 6.45) is 1.56. The van der Waals surface area contributed by atoms with Crippen molar-refractivity contribution in [1.29, 1.82) is 0 Å². The smallest absolute Gasteiger partial charge is 0.203 e. The molecule has 1 rings (SSSR count). The number of rotatable bonds is 5. The van der Waals surface area contributed by atoms with Crippen molar-refractivity contribution >= 4 is 6.21 Å². The standard InChI is InChI=1S/C11H15NO4/c1-13-9-5-8(7-12-16-4)6-10(14-2)11(9)15-3/h5-7H,1-4H3/b12-7+. The number of hydrogen-bond donors (Lipinski definition) is 0. The second kappa shape index (κ2) is 5.85. The van der Waals surface area contributed by atoms with Gasteiger partial charge in [-0.15, -0.1) is 0 Å². The van der Waals surface area contributed by atoms with Crippen molar-refractivity contribution in [3.05, 3.63) is 17.7 Å². The maximum absolute atomic E-state index is 5.19. The van der Waals surface area contributed by atoms with Crippen molar-refractivity contribution < 1.29 is 19.0 Å². The van der Waals surface area contributed by atoms with Gasteiger partial charge >= 0.3 is 0 Å². The van der Waals surface area contributed by atoms with Gasteiger partial charge in [0.15, 0.2) is 11.5 Å². The van der Waals surface area contributed by atoms with Crippen LogP contribution in [0.15, 0.2) is 17.3 Å². The molecule has 0 bridgehead atoms. The van der Waals surface area contributed by atoms with Crippen molar-refractivity contribution in [1.82, 2.24) is 0 Å². The summed E-state index contributed by atoms with van der Waals surface area (Å²) >= 11 is 0. The number of ether oxygens (including phenoxy) is 3. The van der Waals surface area contributed by atoms with Crippen LogP contribution in [0.1, 0.15) is 5.56 Å². The molecular formula is C11H15NO4. The van der Waals surface area contributed by atoms with Gasteiger partial charge in [0.25, 0.3) is 0 Å². The molecule has 0 spiro atoms. The van der Waals surface area contributed by atoms with E-state index < -0.39 is 0 Å². The molecule has 0 aliphatic rings. The first-order chi connectivity index (χ1) is 7.76. The predicted molar refractivity (Wildman–Crippen MR) is 60.7 cm³/mol. The number of hydrogen-bond acceptors (Lipinski definition) is 5. The Morgan fingerprint density at radius 1 is 0.938 bits per heavy atom. The number of nitrogens with zero attached hydrogens (tertiary/aromatic N) is 1. The van der Waals surface area contributed by atoms with Crippen LogP contribution in [0.4, 0.5) is 0 Å². The van der Waals surface area contributed by atoms with Gasteiger partial charge in [0, 0.05) is 5.56 Å². The summed E-state index contributed by atoms with van der Waals surface area (Å²) in [6.45, 7) is 0. The molecule has 1 aromatic rings. The SMILES string of the molecule is CO/N=C/c1cc(OC)c(OC)c(OC)c1. The first-order valence-electron chi connectivity index (χ1n) is 4.63. The molecule has 0 amide bonds. The third-order valence-corrected chi connectivity index (χ3v) is 1.99. The minimum atomic E-state index is 0.555. The predicted octanol–water partition coefficient (Wildman–Crippen LogP) is 1.69. The molecule has 0 aliphatic heterocycles. The van der Waals surface area contributed by atoms with Crippen LogP contribution < -0.4 is 14.2 Å². The van der Waals surface area contributed by atoms with Crippen molar-refractivity contribution in [2.75, 3.05) is 28.4 Å². The second-order valence-corrected chi connectivity index (χ2v) is 2.88. The second-order valence-electron chi connectivity index (χ2n) is 2.88. The molecule has 0 radical (unpaired) electrons. The molecule has 5 heteroatoms. The van der Waals surface area contributed by atoms with E-state index in [1.807, 2.05) is 0 Å². The third kappa shape index (κ3) is 2.56. The Kier molecular flexibility index (Phi) is 4.44. The molecule has 0 heterocycles. The van der Waals surface area contributed by atoms with Crippen molar-refractivity contribution in [3.63, 3.8) is 0 Å². The zero-order chi connectivity index (χ0) is 12.0. The zero-order valence-electron chi connectivity index (χ0n) is 9.81. The molecule has 0 aromatic heterocycles. The van der Waals surface area contributed by atoms with Crippen molar-refractivity contribution in [2.45, 2.75) is 0 Å². The third-order valence-electron chi connectivity index (χ3n) is 1.99. The quantitative estimate of drug-likeness (QED) is 0.565. The van der Waals surface area contributed by atoms with Crippen LogP contribution in [0.2, 0.25) is 0 Å². The summed E-state index contributed by atoms with van der Waals surface area (Å²) in [5.41, 5.74) is 0.802. The lowest BCUT2D eigenvalue weighted by Gasteiger charge is -2.12. The minimum absolute atomic E-state index is 0.555. The fourth-order valence-corrected chi connectivity index (χ4v) is 1.29. The molecule has 0 atom stereocenters. The van der Waals surface area contributed by atoms with E-state index in [4.69, 9.17) is 14.2 Å². The number of oxime groups is 1. The van der Waals surface area contributed by atoms with E-state index >= 15 is 0 Å². The molecule has 0 fully saturated rings. The van der Waals surface area contributed by atoms with E-state index in [0.717, 1.165) is 5.56 Å². The topological polar surface area (TPSA) is 49.3 Å². The molecule has 0 unspecified atom stereocenters. The fourth-order valence-electron chi connectivity index (χ4n) is 1.29. The number of benzene rings is 1. The molecular weight excluding hydrogens is 210 g/mol. The van der Waals surface area contributed by atoms with E-state index in [9.17, 15) is 0 Å². The largest absolute Gasteiger partial charge is 0.493 e. The highest BCUT2D eigenvalue weighted by Gasteiger charge is 2.12. The van der Waals surface area contributed by atoms with Crippen molar-refractivity contribution in [3.8, 4) is 17.2 Å². The highest BCUT2D eigenvalue weighted by molar-refractivity contribution is 5.82. The van der Waals surface area contributed by atoms with E-state index in [1.165, 1.54) is 7.11 Å². The molecule has 1 aromatic carbocycles. The molecule has 0 saturated heterocycles. The normalized spacial score (nSPS) is 10.2. The Balaban J connectivity index is 3.20. The minimum Gasteiger partial charge on any atom is -0.493 e. The van der Waals surface area contributed by atoms with E-state index in [0.29, 0.717) is 17.2 Å². The maximum atomic E-state index is 5.19. The molecule has 88 valence electrons. The highest BCUT2D eigenvalue weighted by Crippen LogP contribution is 2.37.